The van der Waals surface area contributed by atoms with Gasteiger partial charge in [0, 0.05) is 0 Å². The fourth-order valence-electron chi connectivity index (χ4n) is 1.57. The molecule has 3 N–H and O–H groups in total. The van der Waals surface area contributed by atoms with E-state index in [1.54, 1.807) is 6.92 Å². The van der Waals surface area contributed by atoms with Crippen molar-refractivity contribution in [1.82, 2.24) is 5.32 Å². The maximum atomic E-state index is 12.7. The molecule has 3 nitrogen and oxygen atoms in total. The lowest BCUT2D eigenvalue weighted by atomic mass is 9.99. The highest BCUT2D eigenvalue weighted by Gasteiger charge is 2.35. The molecule has 0 aliphatic heterocycles. The molecule has 0 spiro atoms. The molecule has 0 heterocycles. The Morgan fingerprint density at radius 1 is 1.41 bits per heavy atom. The van der Waals surface area contributed by atoms with Gasteiger partial charge >= 0.3 is 6.18 Å². The summed E-state index contributed by atoms with van der Waals surface area (Å²) in [6, 6.07) is 3.77. The van der Waals surface area contributed by atoms with Crippen LogP contribution in [0.3, 0.4) is 0 Å². The lowest BCUT2D eigenvalue weighted by molar-refractivity contribution is -0.138. The number of primary amides is 1. The molecule has 0 bridgehead atoms. The fraction of sp³-hybridized carbons (Fsp3) is 0.364. The summed E-state index contributed by atoms with van der Waals surface area (Å²) in [6.45, 7) is 2.03. The van der Waals surface area contributed by atoms with E-state index >= 15 is 0 Å². The molecule has 1 unspecified atom stereocenters. The topological polar surface area (TPSA) is 55.1 Å². The van der Waals surface area contributed by atoms with Gasteiger partial charge in [0.1, 0.15) is 6.04 Å². The van der Waals surface area contributed by atoms with Crippen LogP contribution in [0.2, 0.25) is 0 Å². The van der Waals surface area contributed by atoms with E-state index in [1.807, 2.05) is 0 Å². The molecule has 1 aromatic carbocycles. The number of carbonyl (C=O) groups is 1. The lowest BCUT2D eigenvalue weighted by Crippen LogP contribution is -2.34. The average Bonchev–Trinajstić information content (AvgIpc) is 2.24. The SMILES string of the molecule is CCNC(C(N)=O)c1ccccc1C(F)(F)F. The first-order valence-electron chi connectivity index (χ1n) is 5.06. The Bertz CT molecular complexity index is 404. The van der Waals surface area contributed by atoms with E-state index in [9.17, 15) is 18.0 Å². The molecule has 0 aliphatic rings. The van der Waals surface area contributed by atoms with Crippen LogP contribution in [-0.2, 0) is 11.0 Å². The number of hydrogen-bond donors (Lipinski definition) is 2. The first-order valence-corrected chi connectivity index (χ1v) is 5.06. The first kappa shape index (κ1) is 13.5. The second-order valence-electron chi connectivity index (χ2n) is 3.48. The Morgan fingerprint density at radius 2 is 2.00 bits per heavy atom. The highest BCUT2D eigenvalue weighted by Crippen LogP contribution is 2.34. The van der Waals surface area contributed by atoms with Crippen molar-refractivity contribution in [2.75, 3.05) is 6.54 Å². The van der Waals surface area contributed by atoms with Crippen LogP contribution in [-0.4, -0.2) is 12.5 Å². The van der Waals surface area contributed by atoms with Gasteiger partial charge < -0.3 is 11.1 Å². The summed E-state index contributed by atoms with van der Waals surface area (Å²) in [4.78, 5) is 11.2. The van der Waals surface area contributed by atoms with Crippen molar-refractivity contribution in [3.63, 3.8) is 0 Å². The number of alkyl halides is 3. The number of rotatable bonds is 4. The number of nitrogens with two attached hydrogens (primary N) is 1. The summed E-state index contributed by atoms with van der Waals surface area (Å²) in [5, 5.41) is 2.64. The molecule has 17 heavy (non-hydrogen) atoms. The molecule has 6 heteroatoms. The smallest absolute Gasteiger partial charge is 0.368 e. The van der Waals surface area contributed by atoms with E-state index in [1.165, 1.54) is 18.2 Å². The zero-order chi connectivity index (χ0) is 13.1. The monoisotopic (exact) mass is 246 g/mol. The average molecular weight is 246 g/mol. The quantitative estimate of drug-likeness (QED) is 0.851. The number of amides is 1. The standard InChI is InChI=1S/C11H13F3N2O/c1-2-16-9(10(15)17)7-5-3-4-6-8(7)11(12,13)14/h3-6,9,16H,2H2,1H3,(H2,15,17). The molecule has 0 fully saturated rings. The number of carbonyl (C=O) groups excluding carboxylic acids is 1. The molecule has 1 aromatic rings. The minimum atomic E-state index is -4.50. The van der Waals surface area contributed by atoms with Gasteiger partial charge in [-0.25, -0.2) is 0 Å². The third-order valence-corrected chi connectivity index (χ3v) is 2.27. The highest BCUT2D eigenvalue weighted by atomic mass is 19.4. The van der Waals surface area contributed by atoms with E-state index in [2.05, 4.69) is 5.32 Å². The Hall–Kier alpha value is -1.56. The van der Waals surface area contributed by atoms with Crippen molar-refractivity contribution < 1.29 is 18.0 Å². The van der Waals surface area contributed by atoms with Crippen molar-refractivity contribution in [2.24, 2.45) is 5.73 Å². The Kier molecular flexibility index (Phi) is 4.11. The Morgan fingerprint density at radius 3 is 2.47 bits per heavy atom. The van der Waals surface area contributed by atoms with Crippen molar-refractivity contribution >= 4 is 5.91 Å². The second-order valence-corrected chi connectivity index (χ2v) is 3.48. The minimum absolute atomic E-state index is 0.144. The summed E-state index contributed by atoms with van der Waals surface area (Å²) < 4.78 is 38.2. The molecule has 1 atom stereocenters. The number of halogens is 3. The maximum absolute atomic E-state index is 12.7. The number of likely N-dealkylation sites (N-methyl/N-ethyl adjacent to an activating group) is 1. The van der Waals surface area contributed by atoms with Crippen molar-refractivity contribution in [3.8, 4) is 0 Å². The van der Waals surface area contributed by atoms with Crippen LogP contribution in [0.4, 0.5) is 13.2 Å². The van der Waals surface area contributed by atoms with Crippen LogP contribution < -0.4 is 11.1 Å². The predicted octanol–water partition coefficient (Wildman–Crippen LogP) is 1.84. The van der Waals surface area contributed by atoms with Crippen molar-refractivity contribution in [3.05, 3.63) is 35.4 Å². The summed E-state index contributed by atoms with van der Waals surface area (Å²) >= 11 is 0. The highest BCUT2D eigenvalue weighted by molar-refractivity contribution is 5.82. The molecule has 0 saturated heterocycles. The van der Waals surface area contributed by atoms with Crippen LogP contribution in [0.5, 0.6) is 0 Å². The van der Waals surface area contributed by atoms with Crippen molar-refractivity contribution in [1.29, 1.82) is 0 Å². The van der Waals surface area contributed by atoms with Gasteiger partial charge in [-0.3, -0.25) is 4.79 Å². The van der Waals surface area contributed by atoms with Gasteiger partial charge in [0.2, 0.25) is 5.91 Å². The normalized spacial score (nSPS) is 13.4. The van der Waals surface area contributed by atoms with Crippen LogP contribution in [0.1, 0.15) is 24.1 Å². The number of benzene rings is 1. The minimum Gasteiger partial charge on any atom is -0.368 e. The molecule has 0 saturated carbocycles. The summed E-state index contributed by atoms with van der Waals surface area (Å²) in [6.07, 6.45) is -4.50. The lowest BCUT2D eigenvalue weighted by Gasteiger charge is -2.19. The van der Waals surface area contributed by atoms with Crippen molar-refractivity contribution in [2.45, 2.75) is 19.1 Å². The van der Waals surface area contributed by atoms with Crippen LogP contribution >= 0.6 is 0 Å². The van der Waals surface area contributed by atoms with Crippen LogP contribution in [0.15, 0.2) is 24.3 Å². The third kappa shape index (κ3) is 3.20. The molecule has 0 radical (unpaired) electrons. The van der Waals surface area contributed by atoms with Crippen LogP contribution in [0.25, 0.3) is 0 Å². The molecule has 1 rings (SSSR count). The molecule has 94 valence electrons. The van der Waals surface area contributed by atoms with E-state index in [0.717, 1.165) is 6.07 Å². The van der Waals surface area contributed by atoms with E-state index < -0.39 is 23.7 Å². The Labute approximate surface area is 96.8 Å². The zero-order valence-corrected chi connectivity index (χ0v) is 9.21. The largest absolute Gasteiger partial charge is 0.416 e. The number of hydrogen-bond acceptors (Lipinski definition) is 2. The molecule has 0 aromatic heterocycles. The van der Waals surface area contributed by atoms with E-state index in [-0.39, 0.29) is 5.56 Å². The summed E-state index contributed by atoms with van der Waals surface area (Å²) in [5.41, 5.74) is 4.11. The van der Waals surface area contributed by atoms with Crippen LogP contribution in [0, 0.1) is 0 Å². The van der Waals surface area contributed by atoms with Gasteiger partial charge in [-0.15, -0.1) is 0 Å². The zero-order valence-electron chi connectivity index (χ0n) is 9.21. The molecular weight excluding hydrogens is 233 g/mol. The van der Waals surface area contributed by atoms with E-state index in [0.29, 0.717) is 6.54 Å². The maximum Gasteiger partial charge on any atom is 0.416 e. The molecule has 1 amide bonds. The summed E-state index contributed by atoms with van der Waals surface area (Å²) in [7, 11) is 0. The fourth-order valence-corrected chi connectivity index (χ4v) is 1.57. The van der Waals surface area contributed by atoms with Gasteiger partial charge in [-0.1, -0.05) is 25.1 Å². The second kappa shape index (κ2) is 5.18. The van der Waals surface area contributed by atoms with E-state index in [4.69, 9.17) is 5.73 Å². The Balaban J connectivity index is 3.23. The third-order valence-electron chi connectivity index (χ3n) is 2.27. The van der Waals surface area contributed by atoms with Gasteiger partial charge in [0.05, 0.1) is 5.56 Å². The molecule has 0 aliphatic carbocycles. The number of nitrogens with one attached hydrogen (secondary N) is 1. The predicted molar refractivity (Wildman–Crippen MR) is 57.1 cm³/mol. The van der Waals surface area contributed by atoms with Gasteiger partial charge in [0.15, 0.2) is 0 Å². The first-order chi connectivity index (χ1) is 7.88. The van der Waals surface area contributed by atoms with Gasteiger partial charge in [0.25, 0.3) is 0 Å². The van der Waals surface area contributed by atoms with Gasteiger partial charge in [-0.05, 0) is 18.2 Å². The molecular formula is C11H13F3N2O. The van der Waals surface area contributed by atoms with Gasteiger partial charge in [-0.2, -0.15) is 13.2 Å². The summed E-state index contributed by atoms with van der Waals surface area (Å²) in [5.74, 6) is -0.830.